The molecule has 3 heterocycles. The summed E-state index contributed by atoms with van der Waals surface area (Å²) >= 11 is 1.29. The van der Waals surface area contributed by atoms with Crippen LogP contribution in [0.3, 0.4) is 0 Å². The fraction of sp³-hybridized carbons (Fsp3) is 0.136. The zero-order valence-corrected chi connectivity index (χ0v) is 17.7. The van der Waals surface area contributed by atoms with Crippen LogP contribution in [-0.4, -0.2) is 28.8 Å². The lowest BCUT2D eigenvalue weighted by molar-refractivity contribution is -0.141. The van der Waals surface area contributed by atoms with Crippen molar-refractivity contribution in [1.82, 2.24) is 9.97 Å². The number of hydrogen-bond donors (Lipinski definition) is 1. The minimum absolute atomic E-state index is 0.0654. The molecule has 0 radical (unpaired) electrons. The molecule has 0 aliphatic rings. The molecular weight excluding hydrogens is 439 g/mol. The summed E-state index contributed by atoms with van der Waals surface area (Å²) in [4.78, 5) is 28.5. The van der Waals surface area contributed by atoms with E-state index >= 15 is 0 Å². The number of alkyl halides is 3. The quantitative estimate of drug-likeness (QED) is 0.476. The zero-order valence-electron chi connectivity index (χ0n) is 16.9. The first-order valence-corrected chi connectivity index (χ1v) is 10.2. The van der Waals surface area contributed by atoms with Gasteiger partial charge in [-0.3, -0.25) is 19.8 Å². The van der Waals surface area contributed by atoms with Gasteiger partial charge in [0.2, 0.25) is 5.91 Å². The Bertz CT molecular complexity index is 1170. The van der Waals surface area contributed by atoms with Gasteiger partial charge >= 0.3 is 6.18 Å². The molecule has 0 saturated carbocycles. The maximum Gasteiger partial charge on any atom is 0.433 e. The van der Waals surface area contributed by atoms with Gasteiger partial charge in [-0.2, -0.15) is 13.2 Å². The van der Waals surface area contributed by atoms with Crippen LogP contribution in [0.25, 0.3) is 16.8 Å². The molecule has 0 bridgehead atoms. The maximum absolute atomic E-state index is 12.9. The molecule has 0 aromatic carbocycles. The van der Waals surface area contributed by atoms with Gasteiger partial charge in [0.15, 0.2) is 0 Å². The number of carbonyl (C=O) groups is 1. The summed E-state index contributed by atoms with van der Waals surface area (Å²) in [5.74, 6) is 0.0689. The molecule has 10 heteroatoms. The van der Waals surface area contributed by atoms with E-state index in [1.807, 2.05) is 0 Å². The van der Waals surface area contributed by atoms with Crippen LogP contribution in [0, 0.1) is 0 Å². The zero-order chi connectivity index (χ0) is 23.1. The van der Waals surface area contributed by atoms with E-state index in [0.717, 1.165) is 12.3 Å². The Hall–Kier alpha value is -3.66. The Kier molecular flexibility index (Phi) is 7.26. The first kappa shape index (κ1) is 23.0. The van der Waals surface area contributed by atoms with Gasteiger partial charge in [0.25, 0.3) is 0 Å². The Balaban J connectivity index is 1.65. The normalized spacial score (nSPS) is 12.2. The second-order valence-electron chi connectivity index (χ2n) is 6.47. The van der Waals surface area contributed by atoms with Crippen molar-refractivity contribution < 1.29 is 18.0 Å². The van der Waals surface area contributed by atoms with Gasteiger partial charge < -0.3 is 5.32 Å². The minimum atomic E-state index is -4.52. The van der Waals surface area contributed by atoms with Crippen molar-refractivity contribution in [2.24, 2.45) is 9.98 Å². The third kappa shape index (κ3) is 5.94. The molecule has 6 nitrogen and oxygen atoms in total. The van der Waals surface area contributed by atoms with Crippen LogP contribution < -0.4 is 5.32 Å². The van der Waals surface area contributed by atoms with E-state index in [1.54, 1.807) is 49.1 Å². The van der Waals surface area contributed by atoms with Crippen LogP contribution in [0.4, 0.5) is 19.0 Å². The van der Waals surface area contributed by atoms with E-state index in [2.05, 4.69) is 32.0 Å². The van der Waals surface area contributed by atoms with E-state index in [-0.39, 0.29) is 12.3 Å². The van der Waals surface area contributed by atoms with Crippen molar-refractivity contribution in [3.05, 3.63) is 70.4 Å². The summed E-state index contributed by atoms with van der Waals surface area (Å²) in [6, 6.07) is 7.55. The molecule has 0 saturated heterocycles. The number of rotatable bonds is 7. The van der Waals surface area contributed by atoms with Crippen LogP contribution in [0.1, 0.15) is 23.1 Å². The number of halogens is 3. The molecule has 1 N–H and O–H groups in total. The summed E-state index contributed by atoms with van der Waals surface area (Å²) in [5.41, 5.74) is 1.27. The average Bonchev–Trinajstić information content (AvgIpc) is 3.23. The SMILES string of the molecule is C=N/C(=C\N=C/C)c1ccc(NC(=O)Cc2cc(-c3ccnc(C(F)(F)F)c3)cs2)nc1. The molecule has 0 atom stereocenters. The number of nitrogens with one attached hydrogen (secondary N) is 1. The maximum atomic E-state index is 12.9. The molecule has 0 aliphatic heterocycles. The highest BCUT2D eigenvalue weighted by Crippen LogP contribution is 2.32. The van der Waals surface area contributed by atoms with Gasteiger partial charge in [-0.25, -0.2) is 4.98 Å². The standard InChI is InChI=1S/C22H18F3N5OS/c1-3-27-12-18(26-2)15-4-5-20(29-11-15)30-21(31)10-17-8-16(13-32-17)14-6-7-28-19(9-14)22(23,24)25/h3-9,11-13H,2,10H2,1H3,(H,29,30,31)/b18-12-,27-3-. The number of carbonyl (C=O) groups excluding carboxylic acids is 1. The first-order chi connectivity index (χ1) is 15.3. The van der Waals surface area contributed by atoms with Crippen LogP contribution >= 0.6 is 11.3 Å². The third-order valence-electron chi connectivity index (χ3n) is 4.22. The number of amides is 1. The Morgan fingerprint density at radius 1 is 1.22 bits per heavy atom. The van der Waals surface area contributed by atoms with Crippen LogP contribution in [0.2, 0.25) is 0 Å². The van der Waals surface area contributed by atoms with Crippen LogP contribution in [-0.2, 0) is 17.4 Å². The number of pyridine rings is 2. The van der Waals surface area contributed by atoms with Crippen molar-refractivity contribution in [2.75, 3.05) is 5.32 Å². The molecule has 32 heavy (non-hydrogen) atoms. The van der Waals surface area contributed by atoms with Crippen molar-refractivity contribution >= 4 is 41.7 Å². The van der Waals surface area contributed by atoms with Gasteiger partial charge in [-0.1, -0.05) is 0 Å². The van der Waals surface area contributed by atoms with E-state index in [1.165, 1.54) is 17.4 Å². The van der Waals surface area contributed by atoms with Crippen molar-refractivity contribution in [2.45, 2.75) is 19.5 Å². The summed E-state index contributed by atoms with van der Waals surface area (Å²) in [6.07, 6.45) is 1.39. The molecule has 0 spiro atoms. The van der Waals surface area contributed by atoms with Gasteiger partial charge in [0.1, 0.15) is 11.5 Å². The third-order valence-corrected chi connectivity index (χ3v) is 5.15. The minimum Gasteiger partial charge on any atom is -0.310 e. The molecule has 3 rings (SSSR count). The molecule has 3 aromatic heterocycles. The topological polar surface area (TPSA) is 79.6 Å². The summed E-state index contributed by atoms with van der Waals surface area (Å²) in [7, 11) is 0. The Morgan fingerprint density at radius 3 is 2.69 bits per heavy atom. The molecule has 3 aromatic rings. The molecule has 0 aliphatic carbocycles. The number of thiophene rings is 1. The van der Waals surface area contributed by atoms with Gasteiger partial charge in [0.05, 0.1) is 18.3 Å². The predicted molar refractivity (Wildman–Crippen MR) is 121 cm³/mol. The molecule has 0 unspecified atom stereocenters. The van der Waals surface area contributed by atoms with Gasteiger partial charge in [-0.05, 0) is 60.5 Å². The first-order valence-electron chi connectivity index (χ1n) is 9.32. The van der Waals surface area contributed by atoms with E-state index in [0.29, 0.717) is 33.1 Å². The molecule has 164 valence electrons. The van der Waals surface area contributed by atoms with E-state index < -0.39 is 11.9 Å². The molecule has 0 fully saturated rings. The summed E-state index contributed by atoms with van der Waals surface area (Å²) in [6.45, 7) is 5.28. The summed E-state index contributed by atoms with van der Waals surface area (Å²) < 4.78 is 38.6. The fourth-order valence-corrected chi connectivity index (χ4v) is 3.60. The van der Waals surface area contributed by atoms with Crippen LogP contribution in [0.15, 0.2) is 64.3 Å². The smallest absolute Gasteiger partial charge is 0.310 e. The highest BCUT2D eigenvalue weighted by Gasteiger charge is 2.32. The number of hydrogen-bond acceptors (Lipinski definition) is 6. The second kappa shape index (κ2) is 10.1. The predicted octanol–water partition coefficient (Wildman–Crippen LogP) is 5.49. The lowest BCUT2D eigenvalue weighted by atomic mass is 10.1. The van der Waals surface area contributed by atoms with Crippen molar-refractivity contribution in [3.8, 4) is 11.1 Å². The monoisotopic (exact) mass is 457 g/mol. The van der Waals surface area contributed by atoms with E-state index in [9.17, 15) is 18.0 Å². The number of aromatic nitrogens is 2. The average molecular weight is 457 g/mol. The fourth-order valence-electron chi connectivity index (χ4n) is 2.71. The largest absolute Gasteiger partial charge is 0.433 e. The lowest BCUT2D eigenvalue weighted by Gasteiger charge is -2.06. The van der Waals surface area contributed by atoms with Crippen molar-refractivity contribution in [3.63, 3.8) is 0 Å². The Morgan fingerprint density at radius 2 is 2.03 bits per heavy atom. The van der Waals surface area contributed by atoms with Crippen LogP contribution in [0.5, 0.6) is 0 Å². The molecular formula is C22H18F3N5OS. The van der Waals surface area contributed by atoms with Gasteiger partial charge in [0, 0.05) is 29.0 Å². The number of anilines is 1. The van der Waals surface area contributed by atoms with Crippen molar-refractivity contribution in [1.29, 1.82) is 0 Å². The number of aliphatic imine (C=N–C) groups is 2. The number of nitrogens with zero attached hydrogens (tertiary/aromatic N) is 4. The highest BCUT2D eigenvalue weighted by atomic mass is 32.1. The lowest BCUT2D eigenvalue weighted by Crippen LogP contribution is -2.14. The molecule has 1 amide bonds. The summed E-state index contributed by atoms with van der Waals surface area (Å²) in [5, 5.41) is 4.41. The van der Waals surface area contributed by atoms with E-state index in [4.69, 9.17) is 0 Å². The highest BCUT2D eigenvalue weighted by molar-refractivity contribution is 7.10. The Labute approximate surface area is 186 Å². The second-order valence-corrected chi connectivity index (χ2v) is 7.46. The van der Waals surface area contributed by atoms with Gasteiger partial charge in [-0.15, -0.1) is 11.3 Å².